The number of aromatic nitrogens is 2. The molecule has 0 spiro atoms. The molecular weight excluding hydrogens is 447 g/mol. The van der Waals surface area contributed by atoms with Gasteiger partial charge in [-0.05, 0) is 67.1 Å². The van der Waals surface area contributed by atoms with Crippen molar-refractivity contribution >= 4 is 28.5 Å². The zero-order valence-corrected chi connectivity index (χ0v) is 19.6. The van der Waals surface area contributed by atoms with Gasteiger partial charge in [0.15, 0.2) is 0 Å². The molecule has 35 heavy (non-hydrogen) atoms. The highest BCUT2D eigenvalue weighted by atomic mass is 19.1. The highest BCUT2D eigenvalue weighted by Gasteiger charge is 2.24. The summed E-state index contributed by atoms with van der Waals surface area (Å²) in [4.78, 5) is 34.9. The van der Waals surface area contributed by atoms with Gasteiger partial charge >= 0.3 is 5.97 Å². The number of hydrogen-bond acceptors (Lipinski definition) is 6. The summed E-state index contributed by atoms with van der Waals surface area (Å²) in [6, 6.07) is 18.9. The first-order valence-electron chi connectivity index (χ1n) is 11.4. The van der Waals surface area contributed by atoms with E-state index < -0.39 is 5.97 Å². The first-order chi connectivity index (χ1) is 16.9. The highest BCUT2D eigenvalue weighted by molar-refractivity contribution is 5.94. The Labute approximate surface area is 202 Å². The largest absolute Gasteiger partial charge is 0.465 e. The van der Waals surface area contributed by atoms with Crippen LogP contribution in [0.25, 0.3) is 16.6 Å². The molecule has 0 radical (unpaired) electrons. The molecule has 1 saturated heterocycles. The number of rotatable bonds is 4. The average molecular weight is 473 g/mol. The van der Waals surface area contributed by atoms with Gasteiger partial charge in [-0.1, -0.05) is 12.1 Å². The molecule has 2 heterocycles. The summed E-state index contributed by atoms with van der Waals surface area (Å²) < 4.78 is 20.0. The predicted octanol–water partition coefficient (Wildman–Crippen LogP) is 3.95. The second-order valence-electron chi connectivity index (χ2n) is 8.57. The number of ether oxygens (including phenoxy) is 1. The van der Waals surface area contributed by atoms with Crippen LogP contribution in [0, 0.1) is 12.7 Å². The Kier molecular flexibility index (Phi) is 5.94. The second-order valence-corrected chi connectivity index (χ2v) is 8.57. The maximum atomic E-state index is 13.6. The van der Waals surface area contributed by atoms with Gasteiger partial charge in [0.25, 0.3) is 5.56 Å². The maximum absolute atomic E-state index is 13.6. The standard InChI is InChI=1S/C27H25FN4O3/c1-18-4-3-5-22(16-18)30-12-14-31(15-13-30)27-29-24-17-19(26(34)35-2)6-11-23(24)25(33)32(27)21-9-7-20(28)8-10-21/h3-11,16-17H,12-15H2,1-2H3. The van der Waals surface area contributed by atoms with E-state index >= 15 is 0 Å². The minimum absolute atomic E-state index is 0.283. The Morgan fingerprint density at radius 1 is 0.914 bits per heavy atom. The Morgan fingerprint density at radius 2 is 1.63 bits per heavy atom. The summed E-state index contributed by atoms with van der Waals surface area (Å²) in [5.41, 5.74) is 3.34. The molecular formula is C27H25FN4O3. The lowest BCUT2D eigenvalue weighted by atomic mass is 10.1. The Bertz CT molecular complexity index is 1460. The van der Waals surface area contributed by atoms with Crippen molar-refractivity contribution in [3.8, 4) is 5.69 Å². The number of anilines is 2. The van der Waals surface area contributed by atoms with E-state index in [1.54, 1.807) is 30.3 Å². The van der Waals surface area contributed by atoms with E-state index in [2.05, 4.69) is 34.9 Å². The van der Waals surface area contributed by atoms with Gasteiger partial charge in [0, 0.05) is 31.9 Å². The van der Waals surface area contributed by atoms with Gasteiger partial charge in [0.2, 0.25) is 5.95 Å². The summed E-state index contributed by atoms with van der Waals surface area (Å²) in [6.07, 6.45) is 0. The normalized spacial score (nSPS) is 13.8. The van der Waals surface area contributed by atoms with Crippen molar-refractivity contribution in [2.75, 3.05) is 43.1 Å². The SMILES string of the molecule is COC(=O)c1ccc2c(=O)n(-c3ccc(F)cc3)c(N3CCN(c4cccc(C)c4)CC3)nc2c1. The van der Waals surface area contributed by atoms with Crippen molar-refractivity contribution in [2.24, 2.45) is 0 Å². The van der Waals surface area contributed by atoms with Crippen molar-refractivity contribution in [2.45, 2.75) is 6.92 Å². The van der Waals surface area contributed by atoms with E-state index in [-0.39, 0.29) is 11.4 Å². The molecule has 0 saturated carbocycles. The molecule has 1 aliphatic rings. The molecule has 0 unspecified atom stereocenters. The number of esters is 1. The molecule has 0 N–H and O–H groups in total. The van der Waals surface area contributed by atoms with Crippen LogP contribution >= 0.6 is 0 Å². The van der Waals surface area contributed by atoms with Crippen LogP contribution in [0.1, 0.15) is 15.9 Å². The summed E-state index contributed by atoms with van der Waals surface area (Å²) in [5.74, 6) is -0.420. The number of piperazine rings is 1. The maximum Gasteiger partial charge on any atom is 0.337 e. The summed E-state index contributed by atoms with van der Waals surface area (Å²) in [7, 11) is 1.31. The third-order valence-electron chi connectivity index (χ3n) is 6.29. The molecule has 178 valence electrons. The van der Waals surface area contributed by atoms with Gasteiger partial charge in [-0.25, -0.2) is 18.7 Å². The number of carbonyl (C=O) groups excluding carboxylic acids is 1. The molecule has 1 aromatic heterocycles. The van der Waals surface area contributed by atoms with Gasteiger partial charge in [-0.15, -0.1) is 0 Å². The number of benzene rings is 3. The van der Waals surface area contributed by atoms with Gasteiger partial charge in [0.1, 0.15) is 5.82 Å². The monoisotopic (exact) mass is 472 g/mol. The predicted molar refractivity (Wildman–Crippen MR) is 134 cm³/mol. The smallest absolute Gasteiger partial charge is 0.337 e. The Morgan fingerprint density at radius 3 is 2.31 bits per heavy atom. The first-order valence-corrected chi connectivity index (χ1v) is 11.4. The van der Waals surface area contributed by atoms with E-state index in [0.717, 1.165) is 18.8 Å². The quantitative estimate of drug-likeness (QED) is 0.419. The Balaban J connectivity index is 1.58. The first kappa shape index (κ1) is 22.6. The molecule has 4 aromatic rings. The molecule has 3 aromatic carbocycles. The molecule has 0 amide bonds. The lowest BCUT2D eigenvalue weighted by Gasteiger charge is -2.37. The van der Waals surface area contributed by atoms with Crippen LogP contribution in [0.3, 0.4) is 0 Å². The minimum atomic E-state index is -0.496. The summed E-state index contributed by atoms with van der Waals surface area (Å²) >= 11 is 0. The van der Waals surface area contributed by atoms with Crippen molar-refractivity contribution in [3.63, 3.8) is 0 Å². The number of nitrogens with zero attached hydrogens (tertiary/aromatic N) is 4. The molecule has 0 bridgehead atoms. The topological polar surface area (TPSA) is 67.7 Å². The Hall–Kier alpha value is -4.20. The van der Waals surface area contributed by atoms with Crippen molar-refractivity contribution in [3.05, 3.63) is 94.0 Å². The van der Waals surface area contributed by atoms with Crippen molar-refractivity contribution < 1.29 is 13.9 Å². The van der Waals surface area contributed by atoms with Gasteiger partial charge in [-0.3, -0.25) is 4.79 Å². The van der Waals surface area contributed by atoms with Crippen LogP contribution in [0.5, 0.6) is 0 Å². The third-order valence-corrected chi connectivity index (χ3v) is 6.29. The lowest BCUT2D eigenvalue weighted by Crippen LogP contribution is -2.48. The van der Waals surface area contributed by atoms with Crippen LogP contribution in [0.4, 0.5) is 16.0 Å². The van der Waals surface area contributed by atoms with E-state index in [1.807, 2.05) is 6.07 Å². The summed E-state index contributed by atoms with van der Waals surface area (Å²) in [6.45, 7) is 4.86. The number of aryl methyl sites for hydroxylation is 1. The fourth-order valence-electron chi connectivity index (χ4n) is 4.44. The second kappa shape index (κ2) is 9.21. The van der Waals surface area contributed by atoms with Crippen molar-refractivity contribution in [1.29, 1.82) is 0 Å². The fraction of sp³-hybridized carbons (Fsp3) is 0.222. The highest BCUT2D eigenvalue weighted by Crippen LogP contribution is 2.24. The fourth-order valence-corrected chi connectivity index (χ4v) is 4.44. The minimum Gasteiger partial charge on any atom is -0.465 e. The van der Waals surface area contributed by atoms with E-state index in [4.69, 9.17) is 9.72 Å². The van der Waals surface area contributed by atoms with Crippen molar-refractivity contribution in [1.82, 2.24) is 9.55 Å². The zero-order chi connectivity index (χ0) is 24.5. The van der Waals surface area contributed by atoms with Crippen LogP contribution in [-0.2, 0) is 4.74 Å². The van der Waals surface area contributed by atoms with Crippen LogP contribution in [0.15, 0.2) is 71.5 Å². The van der Waals surface area contributed by atoms with Crippen LogP contribution < -0.4 is 15.4 Å². The van der Waals surface area contributed by atoms with E-state index in [9.17, 15) is 14.0 Å². The van der Waals surface area contributed by atoms with Gasteiger partial charge in [0.05, 0.1) is 29.3 Å². The number of methoxy groups -OCH3 is 1. The molecule has 5 rings (SSSR count). The molecule has 0 atom stereocenters. The van der Waals surface area contributed by atoms with E-state index in [0.29, 0.717) is 41.2 Å². The molecule has 1 aliphatic heterocycles. The van der Waals surface area contributed by atoms with Crippen LogP contribution in [-0.4, -0.2) is 48.8 Å². The van der Waals surface area contributed by atoms with Gasteiger partial charge < -0.3 is 14.5 Å². The van der Waals surface area contributed by atoms with Gasteiger partial charge in [-0.2, -0.15) is 0 Å². The summed E-state index contributed by atoms with van der Waals surface area (Å²) in [5, 5.41) is 0.365. The number of halogens is 1. The zero-order valence-electron chi connectivity index (χ0n) is 19.6. The number of hydrogen-bond donors (Lipinski definition) is 0. The number of carbonyl (C=O) groups is 1. The van der Waals surface area contributed by atoms with E-state index in [1.165, 1.54) is 29.4 Å². The molecule has 1 fully saturated rings. The molecule has 0 aliphatic carbocycles. The number of fused-ring (bicyclic) bond motifs is 1. The lowest BCUT2D eigenvalue weighted by molar-refractivity contribution is 0.0601. The van der Waals surface area contributed by atoms with Crippen LogP contribution in [0.2, 0.25) is 0 Å². The molecule has 7 nitrogen and oxygen atoms in total. The molecule has 8 heteroatoms. The average Bonchev–Trinajstić information content (AvgIpc) is 2.88. The third kappa shape index (κ3) is 4.35.